The largest absolute Gasteiger partial charge is 0.339 e. The smallest absolute Gasteiger partial charge is 0.244 e. The molecule has 1 aromatic carbocycles. The first-order chi connectivity index (χ1) is 14.4. The monoisotopic (exact) mass is 431 g/mol. The lowest BCUT2D eigenvalue weighted by molar-refractivity contribution is -0.133. The summed E-state index contributed by atoms with van der Waals surface area (Å²) in [6.07, 6.45) is 2.75. The van der Waals surface area contributed by atoms with E-state index in [0.717, 1.165) is 9.99 Å². The number of piperazine rings is 1. The lowest BCUT2D eigenvalue weighted by Crippen LogP contribution is -2.52. The van der Waals surface area contributed by atoms with E-state index in [2.05, 4.69) is 10.3 Å². The molecule has 30 heavy (non-hydrogen) atoms. The number of hydrogen-bond acceptors (Lipinski definition) is 6. The summed E-state index contributed by atoms with van der Waals surface area (Å²) in [6.45, 7) is 1.98. The van der Waals surface area contributed by atoms with Crippen molar-refractivity contribution in [3.8, 4) is 0 Å². The van der Waals surface area contributed by atoms with Crippen LogP contribution in [0.3, 0.4) is 0 Å². The number of hydrogen-bond donors (Lipinski definition) is 1. The summed E-state index contributed by atoms with van der Waals surface area (Å²) in [6, 6.07) is 12.2. The number of likely N-dealkylation sites (N-methyl/N-ethyl adjacent to an activating group) is 1. The van der Waals surface area contributed by atoms with Crippen LogP contribution in [-0.2, 0) is 19.6 Å². The summed E-state index contributed by atoms with van der Waals surface area (Å²) in [5, 5.41) is 2.84. The van der Waals surface area contributed by atoms with Crippen LogP contribution in [0.15, 0.2) is 59.8 Å². The minimum absolute atomic E-state index is 0.0505. The summed E-state index contributed by atoms with van der Waals surface area (Å²) in [7, 11) is -2.39. The lowest BCUT2D eigenvalue weighted by atomic mass is 10.3. The van der Waals surface area contributed by atoms with Crippen molar-refractivity contribution >= 4 is 27.5 Å². The van der Waals surface area contributed by atoms with Gasteiger partial charge < -0.3 is 10.2 Å². The van der Waals surface area contributed by atoms with Gasteiger partial charge in [-0.3, -0.25) is 19.5 Å². The second-order valence-electron chi connectivity index (χ2n) is 7.02. The number of carbonyl (C=O) groups is 2. The Labute approximate surface area is 176 Å². The van der Waals surface area contributed by atoms with Gasteiger partial charge in [0.05, 0.1) is 13.1 Å². The Balaban J connectivity index is 1.46. The molecule has 0 aliphatic carbocycles. The fourth-order valence-corrected chi connectivity index (χ4v) is 4.22. The molecule has 1 aliphatic rings. The minimum atomic E-state index is -3.77. The molecule has 1 aliphatic heterocycles. The number of benzene rings is 1. The van der Waals surface area contributed by atoms with Crippen molar-refractivity contribution in [1.82, 2.24) is 19.1 Å². The third-order valence-electron chi connectivity index (χ3n) is 4.85. The van der Waals surface area contributed by atoms with Gasteiger partial charge in [-0.05, 0) is 24.3 Å². The van der Waals surface area contributed by atoms with Crippen molar-refractivity contribution in [2.45, 2.75) is 4.90 Å². The van der Waals surface area contributed by atoms with E-state index in [-0.39, 0.29) is 29.8 Å². The highest BCUT2D eigenvalue weighted by Crippen LogP contribution is 2.13. The fraction of sp³-hybridized carbons (Fsp3) is 0.350. The Morgan fingerprint density at radius 2 is 1.77 bits per heavy atom. The van der Waals surface area contributed by atoms with Crippen LogP contribution < -0.4 is 5.32 Å². The maximum atomic E-state index is 12.6. The van der Waals surface area contributed by atoms with Crippen LogP contribution in [0.25, 0.3) is 0 Å². The zero-order valence-corrected chi connectivity index (χ0v) is 17.6. The first-order valence-corrected chi connectivity index (χ1v) is 11.0. The number of nitrogens with zero attached hydrogens (tertiary/aromatic N) is 4. The topological polar surface area (TPSA) is 103 Å². The van der Waals surface area contributed by atoms with Crippen LogP contribution in [0.2, 0.25) is 0 Å². The van der Waals surface area contributed by atoms with Crippen LogP contribution in [-0.4, -0.2) is 85.6 Å². The Kier molecular flexibility index (Phi) is 7.14. The van der Waals surface area contributed by atoms with Gasteiger partial charge in [-0.25, -0.2) is 8.42 Å². The van der Waals surface area contributed by atoms with Crippen molar-refractivity contribution < 1.29 is 18.0 Å². The summed E-state index contributed by atoms with van der Waals surface area (Å²) in [4.78, 5) is 32.2. The van der Waals surface area contributed by atoms with E-state index in [1.54, 1.807) is 4.90 Å². The van der Waals surface area contributed by atoms with Crippen LogP contribution in [0.4, 0.5) is 5.69 Å². The van der Waals surface area contributed by atoms with Crippen molar-refractivity contribution in [3.05, 3.63) is 54.9 Å². The van der Waals surface area contributed by atoms with Gasteiger partial charge in [0.15, 0.2) is 0 Å². The van der Waals surface area contributed by atoms with Crippen LogP contribution in [0.1, 0.15) is 0 Å². The SMILES string of the molecule is CN(CC(=O)N1CCN(CC(=O)Nc2ccccc2)CC1)S(=O)(=O)c1cccnc1. The second kappa shape index (κ2) is 9.79. The van der Waals surface area contributed by atoms with E-state index < -0.39 is 10.0 Å². The number of rotatable bonds is 7. The Hall–Kier alpha value is -2.82. The molecule has 9 nitrogen and oxygen atoms in total. The number of anilines is 1. The normalized spacial score (nSPS) is 15.2. The highest BCUT2D eigenvalue weighted by molar-refractivity contribution is 7.89. The molecule has 2 heterocycles. The quantitative estimate of drug-likeness (QED) is 0.684. The number of aromatic nitrogens is 1. The molecule has 0 atom stereocenters. The first kappa shape index (κ1) is 21.9. The van der Waals surface area contributed by atoms with E-state index in [4.69, 9.17) is 0 Å². The van der Waals surface area contributed by atoms with E-state index in [9.17, 15) is 18.0 Å². The van der Waals surface area contributed by atoms with E-state index in [1.165, 1.54) is 31.6 Å². The minimum Gasteiger partial charge on any atom is -0.339 e. The van der Waals surface area contributed by atoms with Gasteiger partial charge in [0, 0.05) is 51.3 Å². The summed E-state index contributed by atoms with van der Waals surface area (Å²) >= 11 is 0. The summed E-state index contributed by atoms with van der Waals surface area (Å²) in [5.41, 5.74) is 0.745. The van der Waals surface area contributed by atoms with Crippen LogP contribution >= 0.6 is 0 Å². The first-order valence-electron chi connectivity index (χ1n) is 9.57. The number of sulfonamides is 1. The maximum Gasteiger partial charge on any atom is 0.244 e. The van der Waals surface area contributed by atoms with Gasteiger partial charge in [-0.15, -0.1) is 0 Å². The number of carbonyl (C=O) groups excluding carboxylic acids is 2. The van der Waals surface area contributed by atoms with E-state index >= 15 is 0 Å². The zero-order valence-electron chi connectivity index (χ0n) is 16.8. The van der Waals surface area contributed by atoms with Crippen LogP contribution in [0.5, 0.6) is 0 Å². The third-order valence-corrected chi connectivity index (χ3v) is 6.64. The van der Waals surface area contributed by atoms with E-state index in [1.807, 2.05) is 35.2 Å². The zero-order chi connectivity index (χ0) is 21.6. The molecule has 0 spiro atoms. The predicted molar refractivity (Wildman–Crippen MR) is 112 cm³/mol. The molecule has 10 heteroatoms. The highest BCUT2D eigenvalue weighted by Gasteiger charge is 2.27. The average molecular weight is 432 g/mol. The number of nitrogens with one attached hydrogen (secondary N) is 1. The Morgan fingerprint density at radius 3 is 2.40 bits per heavy atom. The molecule has 2 amide bonds. The Morgan fingerprint density at radius 1 is 1.07 bits per heavy atom. The average Bonchev–Trinajstić information content (AvgIpc) is 2.75. The molecule has 2 aromatic rings. The fourth-order valence-electron chi connectivity index (χ4n) is 3.14. The molecule has 1 fully saturated rings. The lowest BCUT2D eigenvalue weighted by Gasteiger charge is -2.35. The van der Waals surface area contributed by atoms with Gasteiger partial charge >= 0.3 is 0 Å². The third kappa shape index (κ3) is 5.62. The van der Waals surface area contributed by atoms with Gasteiger partial charge in [-0.1, -0.05) is 18.2 Å². The van der Waals surface area contributed by atoms with E-state index in [0.29, 0.717) is 26.2 Å². The Bertz CT molecular complexity index is 961. The molecule has 0 bridgehead atoms. The van der Waals surface area contributed by atoms with Gasteiger partial charge in [-0.2, -0.15) is 4.31 Å². The molecular weight excluding hydrogens is 406 g/mol. The summed E-state index contributed by atoms with van der Waals surface area (Å²) in [5.74, 6) is -0.373. The molecule has 1 aromatic heterocycles. The highest BCUT2D eigenvalue weighted by atomic mass is 32.2. The molecule has 0 saturated carbocycles. The second-order valence-corrected chi connectivity index (χ2v) is 9.07. The number of amides is 2. The van der Waals surface area contributed by atoms with Crippen LogP contribution in [0, 0.1) is 0 Å². The van der Waals surface area contributed by atoms with Crippen molar-refractivity contribution in [2.24, 2.45) is 0 Å². The van der Waals surface area contributed by atoms with Gasteiger partial charge in [0.25, 0.3) is 0 Å². The van der Waals surface area contributed by atoms with Crippen molar-refractivity contribution in [1.29, 1.82) is 0 Å². The van der Waals surface area contributed by atoms with Crippen molar-refractivity contribution in [3.63, 3.8) is 0 Å². The standard InChI is InChI=1S/C20H25N5O4S/c1-23(30(28,29)18-8-5-9-21-14-18)16-20(27)25-12-10-24(11-13-25)15-19(26)22-17-6-3-2-4-7-17/h2-9,14H,10-13,15-16H2,1H3,(H,22,26). The molecular formula is C20H25N5O4S. The summed E-state index contributed by atoms with van der Waals surface area (Å²) < 4.78 is 26.1. The number of para-hydroxylation sites is 1. The van der Waals surface area contributed by atoms with Crippen molar-refractivity contribution in [2.75, 3.05) is 51.6 Å². The molecule has 0 radical (unpaired) electrons. The van der Waals surface area contributed by atoms with Gasteiger partial charge in [0.1, 0.15) is 4.90 Å². The molecule has 3 rings (SSSR count). The predicted octanol–water partition coefficient (Wildman–Crippen LogP) is 0.485. The molecule has 1 saturated heterocycles. The molecule has 1 N–H and O–H groups in total. The van der Waals surface area contributed by atoms with Gasteiger partial charge in [0.2, 0.25) is 21.8 Å². The molecule has 0 unspecified atom stereocenters. The number of pyridine rings is 1. The maximum absolute atomic E-state index is 12.6. The molecule has 160 valence electrons.